The average Bonchev–Trinajstić information content (AvgIpc) is 3.06. The van der Waals surface area contributed by atoms with E-state index in [4.69, 9.17) is 0 Å². The van der Waals surface area contributed by atoms with Crippen molar-refractivity contribution in [1.29, 1.82) is 0 Å². The number of nitrogens with one attached hydrogen (secondary N) is 2. The molecule has 1 aliphatic heterocycles. The first-order valence-electron chi connectivity index (χ1n) is 8.57. The highest BCUT2D eigenvalue weighted by molar-refractivity contribution is 6.05. The minimum Gasteiger partial charge on any atom is -0.358 e. The fraction of sp³-hybridized carbons (Fsp3) is 0.150. The predicted molar refractivity (Wildman–Crippen MR) is 99.1 cm³/mol. The number of hydrogen-bond acceptors (Lipinski definition) is 3. The molecule has 5 rings (SSSR count). The Bertz CT molecular complexity index is 1220. The molecule has 128 valence electrons. The molecule has 0 saturated carbocycles. The van der Waals surface area contributed by atoms with Crippen LogP contribution in [-0.4, -0.2) is 32.5 Å². The molecule has 0 unspecified atom stereocenters. The molecule has 3 heterocycles. The lowest BCUT2D eigenvalue weighted by molar-refractivity contribution is 0.0730. The van der Waals surface area contributed by atoms with Gasteiger partial charge in [-0.25, -0.2) is 5.10 Å². The number of rotatable bonds is 1. The summed E-state index contributed by atoms with van der Waals surface area (Å²) in [5.41, 5.74) is 3.46. The second kappa shape index (κ2) is 5.56. The van der Waals surface area contributed by atoms with Gasteiger partial charge >= 0.3 is 0 Å². The van der Waals surface area contributed by atoms with Crippen LogP contribution in [0.5, 0.6) is 0 Å². The van der Waals surface area contributed by atoms with Gasteiger partial charge in [0.25, 0.3) is 11.5 Å². The van der Waals surface area contributed by atoms with Crippen molar-refractivity contribution in [3.8, 4) is 0 Å². The second-order valence-corrected chi connectivity index (χ2v) is 6.55. The van der Waals surface area contributed by atoms with Gasteiger partial charge in [0.1, 0.15) is 0 Å². The lowest BCUT2D eigenvalue weighted by atomic mass is 10.0. The van der Waals surface area contributed by atoms with Crippen molar-refractivity contribution in [3.63, 3.8) is 0 Å². The van der Waals surface area contributed by atoms with Gasteiger partial charge in [-0.05, 0) is 12.1 Å². The molecular formula is C20H16N4O2. The first-order chi connectivity index (χ1) is 12.7. The van der Waals surface area contributed by atoms with E-state index in [0.29, 0.717) is 29.6 Å². The second-order valence-electron chi connectivity index (χ2n) is 6.55. The van der Waals surface area contributed by atoms with Crippen LogP contribution >= 0.6 is 0 Å². The topological polar surface area (TPSA) is 81.8 Å². The van der Waals surface area contributed by atoms with E-state index in [1.807, 2.05) is 18.2 Å². The van der Waals surface area contributed by atoms with E-state index in [-0.39, 0.29) is 11.5 Å². The predicted octanol–water partition coefficient (Wildman–Crippen LogP) is 2.60. The lowest BCUT2D eigenvalue weighted by Crippen LogP contribution is -2.36. The highest BCUT2D eigenvalue weighted by Crippen LogP contribution is 2.28. The number of amides is 1. The molecule has 26 heavy (non-hydrogen) atoms. The van der Waals surface area contributed by atoms with Gasteiger partial charge < -0.3 is 9.88 Å². The SMILES string of the molecule is O=C(c1n[nH]c(=O)c2ccccc12)N1CCc2[nH]c3ccccc3c2C1. The smallest absolute Gasteiger partial charge is 0.275 e. The summed E-state index contributed by atoms with van der Waals surface area (Å²) in [5, 5.41) is 8.72. The Morgan fingerprint density at radius 2 is 1.73 bits per heavy atom. The van der Waals surface area contributed by atoms with Crippen molar-refractivity contribution in [3.05, 3.63) is 75.8 Å². The average molecular weight is 344 g/mol. The van der Waals surface area contributed by atoms with Crippen molar-refractivity contribution in [2.75, 3.05) is 6.54 Å². The summed E-state index contributed by atoms with van der Waals surface area (Å²) < 4.78 is 0. The van der Waals surface area contributed by atoms with Crippen LogP contribution in [-0.2, 0) is 13.0 Å². The molecule has 2 aromatic carbocycles. The van der Waals surface area contributed by atoms with Gasteiger partial charge in [0, 0.05) is 47.1 Å². The maximum atomic E-state index is 13.1. The number of hydrogen-bond donors (Lipinski definition) is 2. The molecule has 0 bridgehead atoms. The number of aromatic amines is 2. The molecule has 1 amide bonds. The van der Waals surface area contributed by atoms with Crippen LogP contribution in [0.1, 0.15) is 21.7 Å². The molecule has 0 atom stereocenters. The maximum Gasteiger partial charge on any atom is 0.275 e. The van der Waals surface area contributed by atoms with Gasteiger partial charge in [0.05, 0.1) is 5.39 Å². The molecule has 2 N–H and O–H groups in total. The number of fused-ring (bicyclic) bond motifs is 4. The highest BCUT2D eigenvalue weighted by atomic mass is 16.2. The number of benzene rings is 2. The molecule has 2 aromatic heterocycles. The molecule has 6 nitrogen and oxygen atoms in total. The third-order valence-corrected chi connectivity index (χ3v) is 5.07. The Morgan fingerprint density at radius 3 is 2.58 bits per heavy atom. The van der Waals surface area contributed by atoms with Crippen LogP contribution in [0.2, 0.25) is 0 Å². The number of carbonyl (C=O) groups is 1. The summed E-state index contributed by atoms with van der Waals surface area (Å²) in [5.74, 6) is -0.159. The zero-order chi connectivity index (χ0) is 17.7. The molecule has 0 spiro atoms. The van der Waals surface area contributed by atoms with E-state index >= 15 is 0 Å². The van der Waals surface area contributed by atoms with E-state index in [1.54, 1.807) is 23.1 Å². The largest absolute Gasteiger partial charge is 0.358 e. The summed E-state index contributed by atoms with van der Waals surface area (Å²) in [6, 6.07) is 15.2. The van der Waals surface area contributed by atoms with Crippen LogP contribution in [0.15, 0.2) is 53.3 Å². The highest BCUT2D eigenvalue weighted by Gasteiger charge is 2.26. The normalized spacial score (nSPS) is 13.9. The standard InChI is InChI=1S/C20H16N4O2/c25-19-14-7-2-1-6-13(14)18(22-23-19)20(26)24-10-9-17-15(11-24)12-5-3-4-8-16(12)21-17/h1-8,21H,9-11H2,(H,23,25). The Labute approximate surface area is 148 Å². The molecule has 4 aromatic rings. The zero-order valence-corrected chi connectivity index (χ0v) is 14.0. The van der Waals surface area contributed by atoms with Crippen LogP contribution in [0.25, 0.3) is 21.7 Å². The molecule has 0 aliphatic carbocycles. The van der Waals surface area contributed by atoms with E-state index in [2.05, 4.69) is 27.3 Å². The van der Waals surface area contributed by atoms with Crippen molar-refractivity contribution in [2.45, 2.75) is 13.0 Å². The fourth-order valence-corrected chi connectivity index (χ4v) is 3.77. The van der Waals surface area contributed by atoms with Gasteiger partial charge in [-0.3, -0.25) is 9.59 Å². The zero-order valence-electron chi connectivity index (χ0n) is 14.0. The Hall–Kier alpha value is -3.41. The van der Waals surface area contributed by atoms with Crippen LogP contribution in [0, 0.1) is 0 Å². The number of carbonyl (C=O) groups excluding carboxylic acids is 1. The number of H-pyrrole nitrogens is 2. The third-order valence-electron chi connectivity index (χ3n) is 5.07. The first-order valence-corrected chi connectivity index (χ1v) is 8.57. The molecule has 0 saturated heterocycles. The Balaban J connectivity index is 1.57. The van der Waals surface area contributed by atoms with Gasteiger partial charge in [-0.2, -0.15) is 5.10 Å². The molecule has 6 heteroatoms. The summed E-state index contributed by atoms with van der Waals surface area (Å²) in [6.45, 7) is 1.15. The first kappa shape index (κ1) is 14.9. The number of aromatic nitrogens is 3. The summed E-state index contributed by atoms with van der Waals surface area (Å²) in [7, 11) is 0. The van der Waals surface area contributed by atoms with E-state index in [9.17, 15) is 9.59 Å². The molecule has 0 radical (unpaired) electrons. The third kappa shape index (κ3) is 2.15. The number of nitrogens with zero attached hydrogens (tertiary/aromatic N) is 2. The van der Waals surface area contributed by atoms with Gasteiger partial charge in [-0.15, -0.1) is 0 Å². The van der Waals surface area contributed by atoms with Crippen molar-refractivity contribution >= 4 is 27.6 Å². The van der Waals surface area contributed by atoms with Crippen LogP contribution < -0.4 is 5.56 Å². The minimum atomic E-state index is -0.283. The molecule has 1 aliphatic rings. The van der Waals surface area contributed by atoms with Crippen molar-refractivity contribution < 1.29 is 4.79 Å². The quantitative estimate of drug-likeness (QED) is 0.557. The van der Waals surface area contributed by atoms with Crippen LogP contribution in [0.4, 0.5) is 0 Å². The Morgan fingerprint density at radius 1 is 1.00 bits per heavy atom. The van der Waals surface area contributed by atoms with E-state index in [1.165, 1.54) is 5.69 Å². The number of para-hydroxylation sites is 1. The maximum absolute atomic E-state index is 13.1. The van der Waals surface area contributed by atoms with Gasteiger partial charge in [0.2, 0.25) is 0 Å². The lowest BCUT2D eigenvalue weighted by Gasteiger charge is -2.27. The summed E-state index contributed by atoms with van der Waals surface area (Å²) in [4.78, 5) is 30.3. The monoisotopic (exact) mass is 344 g/mol. The summed E-state index contributed by atoms with van der Waals surface area (Å²) >= 11 is 0. The summed E-state index contributed by atoms with van der Waals surface area (Å²) in [6.07, 6.45) is 0.775. The van der Waals surface area contributed by atoms with E-state index < -0.39 is 0 Å². The van der Waals surface area contributed by atoms with Crippen LogP contribution in [0.3, 0.4) is 0 Å². The Kier molecular flexibility index (Phi) is 3.18. The van der Waals surface area contributed by atoms with E-state index in [0.717, 1.165) is 22.9 Å². The molecule has 0 fully saturated rings. The van der Waals surface area contributed by atoms with Crippen molar-refractivity contribution in [2.24, 2.45) is 0 Å². The minimum absolute atomic E-state index is 0.159. The molecular weight excluding hydrogens is 328 g/mol. The van der Waals surface area contributed by atoms with Crippen molar-refractivity contribution in [1.82, 2.24) is 20.1 Å². The fourth-order valence-electron chi connectivity index (χ4n) is 3.77. The van der Waals surface area contributed by atoms with Gasteiger partial charge in [-0.1, -0.05) is 36.4 Å². The van der Waals surface area contributed by atoms with Gasteiger partial charge in [0.15, 0.2) is 5.69 Å².